The van der Waals surface area contributed by atoms with Crippen molar-refractivity contribution in [2.75, 3.05) is 5.32 Å². The van der Waals surface area contributed by atoms with Gasteiger partial charge in [-0.3, -0.25) is 18.7 Å². The van der Waals surface area contributed by atoms with Gasteiger partial charge in [-0.15, -0.1) is 0 Å². The number of amides is 1. The average Bonchev–Trinajstić information content (AvgIpc) is 2.45. The first-order valence-electron chi connectivity index (χ1n) is 6.18. The van der Waals surface area contributed by atoms with Crippen molar-refractivity contribution in [3.63, 3.8) is 0 Å². The molecule has 0 aromatic carbocycles. The van der Waals surface area contributed by atoms with Crippen molar-refractivity contribution in [2.24, 2.45) is 7.05 Å². The van der Waals surface area contributed by atoms with Crippen molar-refractivity contribution in [1.82, 2.24) is 14.1 Å². The minimum Gasteiger partial charge on any atom is -0.308 e. The van der Waals surface area contributed by atoms with Gasteiger partial charge in [-0.05, 0) is 44.8 Å². The Labute approximate surface area is 142 Å². The van der Waals surface area contributed by atoms with Gasteiger partial charge in [0.1, 0.15) is 12.4 Å². The Balaban J connectivity index is 2.21. The highest BCUT2D eigenvalue weighted by molar-refractivity contribution is 9.11. The number of nitrogens with one attached hydrogen (secondary N) is 1. The predicted octanol–water partition coefficient (Wildman–Crippen LogP) is 1.41. The molecule has 0 saturated carbocycles. The highest BCUT2D eigenvalue weighted by atomic mass is 79.9. The van der Waals surface area contributed by atoms with Gasteiger partial charge in [-0.1, -0.05) is 0 Å². The zero-order valence-corrected chi connectivity index (χ0v) is 14.9. The van der Waals surface area contributed by atoms with Gasteiger partial charge in [0.2, 0.25) is 5.91 Å². The molecule has 0 unspecified atom stereocenters. The van der Waals surface area contributed by atoms with E-state index in [-0.39, 0.29) is 6.54 Å². The molecule has 9 heteroatoms. The lowest BCUT2D eigenvalue weighted by Gasteiger charge is -2.10. The van der Waals surface area contributed by atoms with Crippen molar-refractivity contribution in [1.29, 1.82) is 0 Å². The van der Waals surface area contributed by atoms with Crippen molar-refractivity contribution in [2.45, 2.75) is 13.5 Å². The Kier molecular flexibility index (Phi) is 4.97. The van der Waals surface area contributed by atoms with Gasteiger partial charge in [0.05, 0.1) is 10.2 Å². The molecule has 0 aliphatic carbocycles. The van der Waals surface area contributed by atoms with E-state index in [0.29, 0.717) is 10.3 Å². The number of anilines is 1. The summed E-state index contributed by atoms with van der Waals surface area (Å²) in [5.74, 6) is -0.0563. The number of nitrogens with zero attached hydrogens (tertiary/aromatic N) is 3. The standard InChI is InChI=1S/C13H12Br2N4O3/c1-7-8(14)5-9(15)12(16-7)17-10(20)6-19-4-3-11(21)18(2)13(19)22/h3-5H,6H2,1-2H3,(H,16,17,20). The molecule has 0 radical (unpaired) electrons. The van der Waals surface area contributed by atoms with Gasteiger partial charge in [-0.25, -0.2) is 9.78 Å². The second-order valence-electron chi connectivity index (χ2n) is 4.56. The minimum atomic E-state index is -0.554. The van der Waals surface area contributed by atoms with E-state index < -0.39 is 17.2 Å². The molecule has 7 nitrogen and oxygen atoms in total. The van der Waals surface area contributed by atoms with Crippen LogP contribution in [0.15, 0.2) is 36.9 Å². The first kappa shape index (κ1) is 16.6. The summed E-state index contributed by atoms with van der Waals surface area (Å²) in [5.41, 5.74) is -0.256. The van der Waals surface area contributed by atoms with Crippen LogP contribution in [0.25, 0.3) is 0 Å². The lowest BCUT2D eigenvalue weighted by Crippen LogP contribution is -2.39. The van der Waals surface area contributed by atoms with Gasteiger partial charge < -0.3 is 5.32 Å². The summed E-state index contributed by atoms with van der Waals surface area (Å²) in [4.78, 5) is 39.5. The molecule has 0 atom stereocenters. The number of hydrogen-bond donors (Lipinski definition) is 1. The number of halogens is 2. The zero-order chi connectivity index (χ0) is 16.4. The van der Waals surface area contributed by atoms with Crippen molar-refractivity contribution < 1.29 is 4.79 Å². The maximum Gasteiger partial charge on any atom is 0.331 e. The molecule has 0 fully saturated rings. The van der Waals surface area contributed by atoms with Crippen LogP contribution in [0.1, 0.15) is 5.69 Å². The second kappa shape index (κ2) is 6.57. The van der Waals surface area contributed by atoms with Crippen LogP contribution in [0, 0.1) is 6.92 Å². The number of hydrogen-bond acceptors (Lipinski definition) is 4. The van der Waals surface area contributed by atoms with E-state index >= 15 is 0 Å². The minimum absolute atomic E-state index is 0.212. The highest BCUT2D eigenvalue weighted by Crippen LogP contribution is 2.26. The molecular weight excluding hydrogens is 420 g/mol. The molecule has 0 aliphatic heterocycles. The Morgan fingerprint density at radius 1 is 1.32 bits per heavy atom. The summed E-state index contributed by atoms with van der Waals surface area (Å²) in [6, 6.07) is 3.00. The third-order valence-electron chi connectivity index (χ3n) is 2.94. The molecule has 22 heavy (non-hydrogen) atoms. The van der Waals surface area contributed by atoms with E-state index in [0.717, 1.165) is 19.3 Å². The molecule has 2 aromatic heterocycles. The summed E-state index contributed by atoms with van der Waals surface area (Å²) in [7, 11) is 1.36. The number of rotatable bonds is 3. The van der Waals surface area contributed by atoms with E-state index in [9.17, 15) is 14.4 Å². The molecule has 1 amide bonds. The lowest BCUT2D eigenvalue weighted by atomic mass is 10.3. The normalized spacial score (nSPS) is 10.5. The third-order valence-corrected chi connectivity index (χ3v) is 4.34. The molecule has 2 aromatic rings. The lowest BCUT2D eigenvalue weighted by molar-refractivity contribution is -0.116. The van der Waals surface area contributed by atoms with Crippen LogP contribution < -0.4 is 16.6 Å². The third kappa shape index (κ3) is 3.53. The number of aryl methyl sites for hydroxylation is 1. The first-order chi connectivity index (χ1) is 10.3. The summed E-state index contributed by atoms with van der Waals surface area (Å²) in [5, 5.41) is 2.62. The van der Waals surface area contributed by atoms with Crippen LogP contribution in [0.5, 0.6) is 0 Å². The van der Waals surface area contributed by atoms with E-state index in [1.165, 1.54) is 19.3 Å². The maximum absolute atomic E-state index is 12.0. The zero-order valence-electron chi connectivity index (χ0n) is 11.8. The highest BCUT2D eigenvalue weighted by Gasteiger charge is 2.11. The molecule has 1 N–H and O–H groups in total. The van der Waals surface area contributed by atoms with E-state index in [1.807, 2.05) is 0 Å². The molecule has 116 valence electrons. The number of carbonyl (C=O) groups excluding carboxylic acids is 1. The fraction of sp³-hybridized carbons (Fsp3) is 0.231. The molecule has 0 bridgehead atoms. The first-order valence-corrected chi connectivity index (χ1v) is 7.77. The van der Waals surface area contributed by atoms with E-state index in [2.05, 4.69) is 42.2 Å². The summed E-state index contributed by atoms with van der Waals surface area (Å²) in [6.45, 7) is 1.58. The summed E-state index contributed by atoms with van der Waals surface area (Å²) in [6.07, 6.45) is 1.29. The van der Waals surface area contributed by atoms with Crippen molar-refractivity contribution in [3.05, 3.63) is 53.8 Å². The summed E-state index contributed by atoms with van der Waals surface area (Å²) >= 11 is 6.65. The Hall–Kier alpha value is -1.74. The number of carbonyl (C=O) groups is 1. The molecule has 2 heterocycles. The topological polar surface area (TPSA) is 86.0 Å². The second-order valence-corrected chi connectivity index (χ2v) is 6.27. The van der Waals surface area contributed by atoms with Crippen molar-refractivity contribution >= 4 is 43.6 Å². The molecule has 2 rings (SSSR count). The Bertz CT molecular complexity index is 857. The molecular formula is C13H12Br2N4O3. The number of pyridine rings is 1. The molecule has 0 spiro atoms. The summed E-state index contributed by atoms with van der Waals surface area (Å²) < 4.78 is 3.51. The van der Waals surface area contributed by atoms with E-state index in [1.54, 1.807) is 13.0 Å². The predicted molar refractivity (Wildman–Crippen MR) is 88.9 cm³/mol. The van der Waals surface area contributed by atoms with Crippen LogP contribution in [-0.4, -0.2) is 20.0 Å². The van der Waals surface area contributed by atoms with Gasteiger partial charge in [0.25, 0.3) is 5.56 Å². The molecule has 0 saturated heterocycles. The van der Waals surface area contributed by atoms with Crippen LogP contribution in [0.2, 0.25) is 0 Å². The monoisotopic (exact) mass is 430 g/mol. The fourth-order valence-corrected chi connectivity index (χ4v) is 2.75. The largest absolute Gasteiger partial charge is 0.331 e. The number of aromatic nitrogens is 3. The molecule has 0 aliphatic rings. The van der Waals surface area contributed by atoms with Crippen LogP contribution in [0.4, 0.5) is 5.82 Å². The quantitative estimate of drug-likeness (QED) is 0.796. The fourth-order valence-electron chi connectivity index (χ4n) is 1.71. The van der Waals surface area contributed by atoms with Gasteiger partial charge in [0, 0.05) is 23.8 Å². The van der Waals surface area contributed by atoms with Gasteiger partial charge in [0.15, 0.2) is 0 Å². The van der Waals surface area contributed by atoms with Gasteiger partial charge in [-0.2, -0.15) is 0 Å². The Morgan fingerprint density at radius 3 is 2.68 bits per heavy atom. The Morgan fingerprint density at radius 2 is 2.00 bits per heavy atom. The van der Waals surface area contributed by atoms with E-state index in [4.69, 9.17) is 0 Å². The van der Waals surface area contributed by atoms with Crippen LogP contribution >= 0.6 is 31.9 Å². The SMILES string of the molecule is Cc1nc(NC(=O)Cn2ccc(=O)n(C)c2=O)c(Br)cc1Br. The van der Waals surface area contributed by atoms with Crippen LogP contribution in [-0.2, 0) is 18.4 Å². The average molecular weight is 432 g/mol. The smallest absolute Gasteiger partial charge is 0.308 e. The van der Waals surface area contributed by atoms with Crippen molar-refractivity contribution in [3.8, 4) is 0 Å². The van der Waals surface area contributed by atoms with Gasteiger partial charge >= 0.3 is 5.69 Å². The maximum atomic E-state index is 12.0. The van der Waals surface area contributed by atoms with Crippen LogP contribution in [0.3, 0.4) is 0 Å².